The van der Waals surface area contributed by atoms with E-state index in [1.54, 1.807) is 6.92 Å². The molecule has 3 saturated carbocycles. The lowest BCUT2D eigenvalue weighted by molar-refractivity contribution is -0.367. The number of rotatable bonds is 7. The number of aliphatic hydroxyl groups is 9. The summed E-state index contributed by atoms with van der Waals surface area (Å²) < 4.78 is 24.0. The Morgan fingerprint density at radius 1 is 0.745 bits per heavy atom. The molecule has 0 spiro atoms. The smallest absolute Gasteiger partial charge is 0.187 e. The van der Waals surface area contributed by atoms with E-state index in [0.29, 0.717) is 12.8 Å². The van der Waals surface area contributed by atoms with Crippen molar-refractivity contribution in [1.29, 1.82) is 0 Å². The number of ether oxygens (including phenoxy) is 4. The first-order chi connectivity index (χ1) is 25.7. The molecular formula is C42H68O13. The van der Waals surface area contributed by atoms with Gasteiger partial charge in [-0.05, 0) is 91.9 Å². The highest BCUT2D eigenvalue weighted by molar-refractivity contribution is 5.47. The zero-order chi connectivity index (χ0) is 40.3. The molecule has 13 heteroatoms. The minimum absolute atomic E-state index is 0.0212. The highest BCUT2D eigenvalue weighted by Gasteiger charge is 2.69. The molecule has 0 amide bonds. The van der Waals surface area contributed by atoms with Crippen molar-refractivity contribution in [2.45, 2.75) is 173 Å². The summed E-state index contributed by atoms with van der Waals surface area (Å²) in [5.74, 6) is 0.154. The van der Waals surface area contributed by atoms with E-state index in [1.807, 2.05) is 6.92 Å². The largest absolute Gasteiger partial charge is 0.396 e. The summed E-state index contributed by atoms with van der Waals surface area (Å²) in [5, 5.41) is 97.6. The van der Waals surface area contributed by atoms with Gasteiger partial charge in [0.15, 0.2) is 12.6 Å². The summed E-state index contributed by atoms with van der Waals surface area (Å²) in [4.78, 5) is 0. The number of fused-ring (bicyclic) bond motifs is 6. The van der Waals surface area contributed by atoms with E-state index in [-0.39, 0.29) is 46.7 Å². The predicted molar refractivity (Wildman–Crippen MR) is 199 cm³/mol. The summed E-state index contributed by atoms with van der Waals surface area (Å²) in [5.41, 5.74) is 0.476. The van der Waals surface area contributed by atoms with Crippen LogP contribution in [0, 0.1) is 44.3 Å². The van der Waals surface area contributed by atoms with Crippen LogP contribution >= 0.6 is 0 Å². The lowest BCUT2D eigenvalue weighted by Gasteiger charge is -2.70. The van der Waals surface area contributed by atoms with Crippen molar-refractivity contribution in [2.24, 2.45) is 44.3 Å². The summed E-state index contributed by atoms with van der Waals surface area (Å²) in [6.45, 7) is 14.4. The van der Waals surface area contributed by atoms with Crippen molar-refractivity contribution >= 4 is 0 Å². The van der Waals surface area contributed by atoms with Gasteiger partial charge in [-0.2, -0.15) is 0 Å². The van der Waals surface area contributed by atoms with E-state index >= 15 is 0 Å². The first kappa shape index (κ1) is 42.1. The molecule has 2 aliphatic heterocycles. The number of allylic oxidation sites excluding steroid dienone is 3. The highest BCUT2D eigenvalue weighted by Crippen LogP contribution is 2.74. The van der Waals surface area contributed by atoms with Crippen LogP contribution in [0.3, 0.4) is 0 Å². The van der Waals surface area contributed by atoms with Gasteiger partial charge in [-0.1, -0.05) is 59.3 Å². The van der Waals surface area contributed by atoms with Gasteiger partial charge < -0.3 is 64.9 Å². The van der Waals surface area contributed by atoms with Crippen molar-refractivity contribution in [3.8, 4) is 0 Å². The molecule has 0 aromatic carbocycles. The fourth-order valence-corrected chi connectivity index (χ4v) is 13.0. The van der Waals surface area contributed by atoms with Crippen LogP contribution in [0.1, 0.15) is 99.8 Å². The Labute approximate surface area is 325 Å². The third-order valence-electron chi connectivity index (χ3n) is 16.8. The van der Waals surface area contributed by atoms with Crippen LogP contribution in [0.4, 0.5) is 0 Å². The molecule has 5 aliphatic carbocycles. The zero-order valence-corrected chi connectivity index (χ0v) is 33.7. The van der Waals surface area contributed by atoms with Gasteiger partial charge in [0.2, 0.25) is 0 Å². The van der Waals surface area contributed by atoms with Crippen LogP contribution in [0.2, 0.25) is 0 Å². The average Bonchev–Trinajstić information content (AvgIpc) is 3.13. The van der Waals surface area contributed by atoms with Crippen LogP contribution in [0.5, 0.6) is 0 Å². The first-order valence-electron chi connectivity index (χ1n) is 20.6. The van der Waals surface area contributed by atoms with E-state index in [9.17, 15) is 46.0 Å². The average molecular weight is 781 g/mol. The molecule has 0 bridgehead atoms. The maximum Gasteiger partial charge on any atom is 0.187 e. The normalized spacial score (nSPS) is 54.9. The van der Waals surface area contributed by atoms with Crippen molar-refractivity contribution in [3.63, 3.8) is 0 Å². The van der Waals surface area contributed by atoms with E-state index in [0.717, 1.165) is 38.5 Å². The minimum Gasteiger partial charge on any atom is -0.396 e. The van der Waals surface area contributed by atoms with Gasteiger partial charge in [-0.15, -0.1) is 0 Å². The molecule has 13 nitrogen and oxygen atoms in total. The Morgan fingerprint density at radius 2 is 1.44 bits per heavy atom. The molecule has 5 fully saturated rings. The Bertz CT molecular complexity index is 1500. The standard InChI is InChI=1S/C42H68O13/c1-21-29(47)34(55-35-32(50)31(49)30(48)24(18-43)53-35)33(51)36(52-21)54-28-11-12-38(4)25(39(28,5)19-44)10-13-40(6)26(38)9-8-22-23-16-37(2,3)14-15-42(23,20-45)27(46)17-41(22,40)7/h8-9,21,24-36,43-51H,10-20H2,1-7H3/t21-,24-,25-,26-,27-,28+,29+,30-,31+,32-,33-,34+,35?,36+,38+,39+,40-,41-,42-/m1/s1. The van der Waals surface area contributed by atoms with Gasteiger partial charge in [0.1, 0.15) is 42.7 Å². The molecule has 2 heterocycles. The fraction of sp³-hybridized carbons (Fsp3) is 0.905. The second kappa shape index (κ2) is 14.3. The summed E-state index contributed by atoms with van der Waals surface area (Å²) in [6.07, 6.45) is -4.63. The molecule has 55 heavy (non-hydrogen) atoms. The van der Waals surface area contributed by atoms with Crippen LogP contribution in [0.15, 0.2) is 23.3 Å². The van der Waals surface area contributed by atoms with Crippen LogP contribution in [0.25, 0.3) is 0 Å². The van der Waals surface area contributed by atoms with Gasteiger partial charge in [0, 0.05) is 16.2 Å². The molecule has 7 rings (SSSR count). The number of aliphatic hydroxyl groups excluding tert-OH is 9. The lowest BCUT2D eigenvalue weighted by atomic mass is 9.35. The van der Waals surface area contributed by atoms with Crippen molar-refractivity contribution in [2.75, 3.05) is 19.8 Å². The van der Waals surface area contributed by atoms with Crippen molar-refractivity contribution in [1.82, 2.24) is 0 Å². The SMILES string of the molecule is C[C@H]1O[C@@H](O[C@H]2CC[C@@]3(C)[C@@H](CC[C@]4(C)[C@@H]3C=CC3=C5CC(C)(C)CC[C@]5(CO)[C@H](O)C[C@]34C)[C@]2(C)CO)[C@H](O)[C@@H](OC2O[C@H](CO)[C@@H](O)[C@H](O)[C@H]2O)[C@H]1O. The predicted octanol–water partition coefficient (Wildman–Crippen LogP) is 1.68. The topological polar surface area (TPSA) is 219 Å². The van der Waals surface area contributed by atoms with Gasteiger partial charge in [0.25, 0.3) is 0 Å². The number of hydrogen-bond donors (Lipinski definition) is 9. The number of hydrogen-bond acceptors (Lipinski definition) is 13. The fourth-order valence-electron chi connectivity index (χ4n) is 13.0. The van der Waals surface area contributed by atoms with Crippen LogP contribution in [-0.4, -0.2) is 139 Å². The molecule has 1 unspecified atom stereocenters. The Morgan fingerprint density at radius 3 is 2.09 bits per heavy atom. The molecule has 314 valence electrons. The highest BCUT2D eigenvalue weighted by atomic mass is 16.7. The molecule has 19 atom stereocenters. The van der Waals surface area contributed by atoms with Crippen molar-refractivity contribution < 1.29 is 64.9 Å². The monoisotopic (exact) mass is 780 g/mol. The molecule has 2 saturated heterocycles. The second-order valence-electron chi connectivity index (χ2n) is 20.3. The molecule has 0 aromatic rings. The zero-order valence-electron chi connectivity index (χ0n) is 33.7. The van der Waals surface area contributed by atoms with E-state index in [2.05, 4.69) is 46.8 Å². The van der Waals surface area contributed by atoms with Crippen LogP contribution < -0.4 is 0 Å². The second-order valence-corrected chi connectivity index (χ2v) is 20.3. The maximum atomic E-state index is 12.0. The lowest BCUT2D eigenvalue weighted by Crippen LogP contribution is -2.67. The molecular weight excluding hydrogens is 712 g/mol. The van der Waals surface area contributed by atoms with Gasteiger partial charge in [0.05, 0.1) is 38.1 Å². The van der Waals surface area contributed by atoms with E-state index in [1.165, 1.54) is 11.1 Å². The quantitative estimate of drug-likeness (QED) is 0.168. The van der Waals surface area contributed by atoms with Crippen LogP contribution in [-0.2, 0) is 18.9 Å². The van der Waals surface area contributed by atoms with Gasteiger partial charge in [-0.3, -0.25) is 0 Å². The molecule has 9 N–H and O–H groups in total. The van der Waals surface area contributed by atoms with E-state index in [4.69, 9.17) is 18.9 Å². The Kier molecular flexibility index (Phi) is 11.0. The van der Waals surface area contributed by atoms with Gasteiger partial charge in [-0.25, -0.2) is 0 Å². The summed E-state index contributed by atoms with van der Waals surface area (Å²) in [7, 11) is 0. The maximum absolute atomic E-state index is 12.0. The van der Waals surface area contributed by atoms with Gasteiger partial charge >= 0.3 is 0 Å². The molecule has 7 aliphatic rings. The van der Waals surface area contributed by atoms with E-state index < -0.39 is 91.1 Å². The third kappa shape index (κ3) is 6.12. The first-order valence-corrected chi connectivity index (χ1v) is 20.6. The Hall–Kier alpha value is -1.04. The minimum atomic E-state index is -1.73. The molecule has 0 radical (unpaired) electrons. The third-order valence-corrected chi connectivity index (χ3v) is 16.8. The summed E-state index contributed by atoms with van der Waals surface area (Å²) >= 11 is 0. The Balaban J connectivity index is 1.15. The molecule has 0 aromatic heterocycles. The van der Waals surface area contributed by atoms with Crippen molar-refractivity contribution in [3.05, 3.63) is 23.3 Å². The summed E-state index contributed by atoms with van der Waals surface area (Å²) in [6, 6.07) is 0.